The first-order chi connectivity index (χ1) is 8.39. The van der Waals surface area contributed by atoms with Crippen molar-refractivity contribution < 1.29 is 18.0 Å². The van der Waals surface area contributed by atoms with E-state index in [0.29, 0.717) is 10.6 Å². The molecular weight excluding hydrogens is 267 g/mol. The average Bonchev–Trinajstić information content (AvgIpc) is 2.73. The molecule has 2 rings (SSSR count). The van der Waals surface area contributed by atoms with Gasteiger partial charge in [-0.05, 0) is 31.3 Å². The maximum atomic E-state index is 12.5. The van der Waals surface area contributed by atoms with E-state index < -0.39 is 12.1 Å². The quantitative estimate of drug-likeness (QED) is 0.792. The number of hydrogen-bond donors (Lipinski definition) is 0. The Morgan fingerprint density at radius 2 is 2.00 bits per heavy atom. The zero-order valence-electron chi connectivity index (χ0n) is 9.70. The number of amides is 1. The Kier molecular flexibility index (Phi) is 3.56. The fourth-order valence-electron chi connectivity index (χ4n) is 1.98. The van der Waals surface area contributed by atoms with Crippen molar-refractivity contribution in [1.82, 2.24) is 14.5 Å². The van der Waals surface area contributed by atoms with Crippen LogP contribution in [0.25, 0.3) is 0 Å². The minimum atomic E-state index is -4.16. The number of aromatic nitrogens is 2. The number of hydrogen-bond acceptors (Lipinski definition) is 4. The van der Waals surface area contributed by atoms with Gasteiger partial charge in [-0.15, -0.1) is 5.10 Å². The third kappa shape index (κ3) is 2.63. The molecule has 1 fully saturated rings. The van der Waals surface area contributed by atoms with Crippen molar-refractivity contribution in [1.29, 1.82) is 0 Å². The molecule has 0 N–H and O–H groups in total. The highest BCUT2D eigenvalue weighted by molar-refractivity contribution is 7.07. The number of alkyl halides is 3. The Morgan fingerprint density at radius 3 is 2.44 bits per heavy atom. The van der Waals surface area contributed by atoms with E-state index >= 15 is 0 Å². The average molecular weight is 279 g/mol. The minimum Gasteiger partial charge on any atom is -0.338 e. The van der Waals surface area contributed by atoms with Gasteiger partial charge in [-0.1, -0.05) is 4.49 Å². The molecular formula is C10H12F3N3OS. The lowest BCUT2D eigenvalue weighted by molar-refractivity contribution is -0.183. The van der Waals surface area contributed by atoms with E-state index in [4.69, 9.17) is 0 Å². The lowest BCUT2D eigenvalue weighted by atomic mass is 9.96. The Labute approximate surface area is 106 Å². The largest absolute Gasteiger partial charge is 0.391 e. The molecule has 2 heterocycles. The summed E-state index contributed by atoms with van der Waals surface area (Å²) in [5.41, 5.74) is 0.531. The number of halogens is 3. The molecule has 0 aliphatic carbocycles. The second-order valence-corrected chi connectivity index (χ2v) is 5.05. The van der Waals surface area contributed by atoms with Crippen LogP contribution >= 0.6 is 11.5 Å². The van der Waals surface area contributed by atoms with Crippen LogP contribution in [-0.2, 0) is 0 Å². The Bertz CT molecular complexity index is 438. The van der Waals surface area contributed by atoms with Crippen LogP contribution in [0.15, 0.2) is 0 Å². The predicted molar refractivity (Wildman–Crippen MR) is 59.3 cm³/mol. The highest BCUT2D eigenvalue weighted by Crippen LogP contribution is 2.34. The van der Waals surface area contributed by atoms with Crippen molar-refractivity contribution in [3.8, 4) is 0 Å². The number of carbonyl (C=O) groups excluding carboxylic acids is 1. The predicted octanol–water partition coefficient (Wildman–Crippen LogP) is 2.26. The highest BCUT2D eigenvalue weighted by atomic mass is 32.1. The van der Waals surface area contributed by atoms with Crippen LogP contribution in [0.2, 0.25) is 0 Å². The maximum absolute atomic E-state index is 12.5. The van der Waals surface area contributed by atoms with Gasteiger partial charge in [-0.2, -0.15) is 13.2 Å². The first-order valence-corrected chi connectivity index (χ1v) is 6.32. The smallest absolute Gasteiger partial charge is 0.338 e. The molecule has 0 atom stereocenters. The fourth-order valence-corrected chi connectivity index (χ4v) is 2.61. The van der Waals surface area contributed by atoms with Crippen molar-refractivity contribution in [2.24, 2.45) is 5.92 Å². The normalized spacial score (nSPS) is 18.1. The van der Waals surface area contributed by atoms with Crippen LogP contribution < -0.4 is 0 Å². The van der Waals surface area contributed by atoms with E-state index in [-0.39, 0.29) is 31.8 Å². The summed E-state index contributed by atoms with van der Waals surface area (Å²) in [6, 6.07) is 0. The standard InChI is InChI=1S/C10H12F3N3OS/c1-6-8(18-15-14-6)9(17)16-4-2-7(3-5-16)10(11,12)13/h7H,2-5H2,1H3. The van der Waals surface area contributed by atoms with Gasteiger partial charge in [0.05, 0.1) is 11.6 Å². The van der Waals surface area contributed by atoms with Gasteiger partial charge in [-0.25, -0.2) is 0 Å². The fraction of sp³-hybridized carbons (Fsp3) is 0.700. The summed E-state index contributed by atoms with van der Waals surface area (Å²) in [7, 11) is 0. The molecule has 0 saturated carbocycles. The van der Waals surface area contributed by atoms with Crippen LogP contribution in [-0.4, -0.2) is 39.7 Å². The minimum absolute atomic E-state index is 0.0273. The topological polar surface area (TPSA) is 46.1 Å². The molecule has 4 nitrogen and oxygen atoms in total. The van der Waals surface area contributed by atoms with Gasteiger partial charge in [0.1, 0.15) is 4.88 Å². The van der Waals surface area contributed by atoms with Gasteiger partial charge >= 0.3 is 6.18 Å². The highest BCUT2D eigenvalue weighted by Gasteiger charge is 2.42. The summed E-state index contributed by atoms with van der Waals surface area (Å²) in [4.78, 5) is 13.9. The van der Waals surface area contributed by atoms with Crippen molar-refractivity contribution >= 4 is 17.4 Å². The number of piperidine rings is 1. The molecule has 0 radical (unpaired) electrons. The van der Waals surface area contributed by atoms with Gasteiger partial charge < -0.3 is 4.90 Å². The summed E-state index contributed by atoms with van der Waals surface area (Å²) < 4.78 is 41.1. The van der Waals surface area contributed by atoms with Crippen LogP contribution in [0.3, 0.4) is 0 Å². The van der Waals surface area contributed by atoms with E-state index in [9.17, 15) is 18.0 Å². The molecule has 1 aromatic heterocycles. The molecule has 0 bridgehead atoms. The van der Waals surface area contributed by atoms with E-state index in [1.165, 1.54) is 4.90 Å². The van der Waals surface area contributed by atoms with Crippen molar-refractivity contribution in [2.45, 2.75) is 25.9 Å². The second-order valence-electron chi connectivity index (χ2n) is 4.30. The van der Waals surface area contributed by atoms with Gasteiger partial charge in [0.2, 0.25) is 0 Å². The lowest BCUT2D eigenvalue weighted by Crippen LogP contribution is -2.42. The zero-order chi connectivity index (χ0) is 13.3. The Balaban J connectivity index is 1.99. The molecule has 1 amide bonds. The van der Waals surface area contributed by atoms with Gasteiger partial charge in [-0.3, -0.25) is 4.79 Å². The van der Waals surface area contributed by atoms with Crippen LogP contribution in [0.4, 0.5) is 13.2 Å². The van der Waals surface area contributed by atoms with Gasteiger partial charge in [0, 0.05) is 13.1 Å². The molecule has 0 aromatic carbocycles. The van der Waals surface area contributed by atoms with E-state index in [1.54, 1.807) is 6.92 Å². The third-order valence-corrected chi connectivity index (χ3v) is 3.91. The maximum Gasteiger partial charge on any atom is 0.391 e. The molecule has 18 heavy (non-hydrogen) atoms. The van der Waals surface area contributed by atoms with Crippen molar-refractivity contribution in [2.75, 3.05) is 13.1 Å². The van der Waals surface area contributed by atoms with Crippen LogP contribution in [0, 0.1) is 12.8 Å². The van der Waals surface area contributed by atoms with E-state index in [2.05, 4.69) is 9.59 Å². The van der Waals surface area contributed by atoms with Gasteiger partial charge in [0.15, 0.2) is 0 Å². The summed E-state index contributed by atoms with van der Waals surface area (Å²) in [5, 5.41) is 3.73. The SMILES string of the molecule is Cc1nnsc1C(=O)N1CCC(C(F)(F)F)CC1. The number of nitrogens with zero attached hydrogens (tertiary/aromatic N) is 3. The summed E-state index contributed by atoms with van der Waals surface area (Å²) in [6.45, 7) is 1.94. The van der Waals surface area contributed by atoms with Crippen molar-refractivity contribution in [3.63, 3.8) is 0 Å². The third-order valence-electron chi connectivity index (χ3n) is 3.09. The molecule has 1 aromatic rings. The zero-order valence-corrected chi connectivity index (χ0v) is 10.5. The molecule has 8 heteroatoms. The number of likely N-dealkylation sites (tertiary alicyclic amines) is 1. The molecule has 1 saturated heterocycles. The van der Waals surface area contributed by atoms with E-state index in [0.717, 1.165) is 11.5 Å². The molecule has 1 aliphatic heterocycles. The van der Waals surface area contributed by atoms with E-state index in [1.807, 2.05) is 0 Å². The summed E-state index contributed by atoms with van der Waals surface area (Å²) >= 11 is 0.983. The molecule has 0 spiro atoms. The number of carbonyl (C=O) groups is 1. The molecule has 100 valence electrons. The number of rotatable bonds is 1. The number of aryl methyl sites for hydroxylation is 1. The molecule has 0 unspecified atom stereocenters. The first kappa shape index (κ1) is 13.3. The van der Waals surface area contributed by atoms with Crippen molar-refractivity contribution in [3.05, 3.63) is 10.6 Å². The second kappa shape index (κ2) is 4.83. The first-order valence-electron chi connectivity index (χ1n) is 5.54. The lowest BCUT2D eigenvalue weighted by Gasteiger charge is -2.32. The van der Waals surface area contributed by atoms with Gasteiger partial charge in [0.25, 0.3) is 5.91 Å². The van der Waals surface area contributed by atoms with Crippen LogP contribution in [0.1, 0.15) is 28.2 Å². The Morgan fingerprint density at radius 1 is 1.39 bits per heavy atom. The summed E-state index contributed by atoms with van der Waals surface area (Å²) in [6.07, 6.45) is -4.21. The molecule has 1 aliphatic rings. The van der Waals surface area contributed by atoms with Crippen LogP contribution in [0.5, 0.6) is 0 Å². The Hall–Kier alpha value is -1.18. The monoisotopic (exact) mass is 279 g/mol. The summed E-state index contributed by atoms with van der Waals surface area (Å²) in [5.74, 6) is -1.55.